The minimum absolute atomic E-state index is 0.0856. The third-order valence-electron chi connectivity index (χ3n) is 5.72. The molecule has 2 rings (SSSR count). The maximum Gasteiger partial charge on any atom is 0.156 e. The minimum Gasteiger partial charge on any atom is -0.409 e. The van der Waals surface area contributed by atoms with E-state index in [0.29, 0.717) is 5.84 Å². The molecule has 21 heavy (non-hydrogen) atoms. The van der Waals surface area contributed by atoms with Crippen LogP contribution in [0.5, 0.6) is 0 Å². The van der Waals surface area contributed by atoms with Gasteiger partial charge >= 0.3 is 0 Å². The Morgan fingerprint density at radius 1 is 1.19 bits per heavy atom. The molecular formula is C16H32N4O. The smallest absolute Gasteiger partial charge is 0.156 e. The van der Waals surface area contributed by atoms with Gasteiger partial charge in [0, 0.05) is 32.2 Å². The van der Waals surface area contributed by atoms with Gasteiger partial charge in [-0.25, -0.2) is 0 Å². The summed E-state index contributed by atoms with van der Waals surface area (Å²) in [7, 11) is 0. The topological polar surface area (TPSA) is 65.1 Å². The first-order chi connectivity index (χ1) is 10.1. The van der Waals surface area contributed by atoms with Gasteiger partial charge in [0.2, 0.25) is 0 Å². The maximum absolute atomic E-state index is 8.90. The van der Waals surface area contributed by atoms with Gasteiger partial charge in [0.05, 0.1) is 6.04 Å². The van der Waals surface area contributed by atoms with Gasteiger partial charge in [-0.2, -0.15) is 0 Å². The number of oxime groups is 1. The Bertz CT molecular complexity index is 352. The monoisotopic (exact) mass is 296 g/mol. The maximum atomic E-state index is 8.90. The molecule has 1 aliphatic carbocycles. The lowest BCUT2D eigenvalue weighted by Crippen LogP contribution is -2.56. The first-order valence-electron chi connectivity index (χ1n) is 8.52. The number of nitrogens with two attached hydrogens (primary N) is 1. The van der Waals surface area contributed by atoms with Crippen LogP contribution in [0.1, 0.15) is 46.5 Å². The van der Waals surface area contributed by atoms with Crippen molar-refractivity contribution in [2.24, 2.45) is 22.7 Å². The third-order valence-corrected chi connectivity index (χ3v) is 5.72. The van der Waals surface area contributed by atoms with Crippen LogP contribution in [0.4, 0.5) is 0 Å². The van der Waals surface area contributed by atoms with Crippen molar-refractivity contribution in [1.82, 2.24) is 9.80 Å². The van der Waals surface area contributed by atoms with Crippen LogP contribution in [0, 0.1) is 11.8 Å². The van der Waals surface area contributed by atoms with Crippen LogP contribution in [0.2, 0.25) is 0 Å². The summed E-state index contributed by atoms with van der Waals surface area (Å²) in [6.07, 6.45) is 4.96. The molecule has 0 aromatic heterocycles. The Hall–Kier alpha value is -0.810. The molecule has 2 aliphatic rings. The molecule has 2 fully saturated rings. The lowest BCUT2D eigenvalue weighted by atomic mass is 9.78. The molecule has 5 nitrogen and oxygen atoms in total. The Balaban J connectivity index is 1.85. The van der Waals surface area contributed by atoms with Crippen molar-refractivity contribution < 1.29 is 5.21 Å². The van der Waals surface area contributed by atoms with E-state index in [1.54, 1.807) is 0 Å². The Labute approximate surface area is 129 Å². The standard InChI is InChI=1S/C16H32N4O/c1-4-15(16(17)18-21)20-9-7-19(8-10-20)14-6-5-12(2)13(3)11-14/h12-15,21H,4-11H2,1-3H3,(H2,17,18). The lowest BCUT2D eigenvalue weighted by Gasteiger charge is -2.44. The molecule has 1 heterocycles. The van der Waals surface area contributed by atoms with Gasteiger partial charge in [0.1, 0.15) is 0 Å². The molecule has 0 bridgehead atoms. The average molecular weight is 296 g/mol. The number of nitrogens with zero attached hydrogens (tertiary/aromatic N) is 3. The molecule has 1 aliphatic heterocycles. The second-order valence-corrected chi connectivity index (χ2v) is 6.94. The SMILES string of the molecule is CCC(C(N)=NO)N1CCN(C2CCC(C)C(C)C2)CC1. The summed E-state index contributed by atoms with van der Waals surface area (Å²) in [5.74, 6) is 2.08. The normalized spacial score (nSPS) is 34.8. The van der Waals surface area contributed by atoms with Crippen LogP contribution in [0.3, 0.4) is 0 Å². The van der Waals surface area contributed by atoms with Crippen molar-refractivity contribution in [3.05, 3.63) is 0 Å². The molecule has 122 valence electrons. The van der Waals surface area contributed by atoms with Crippen molar-refractivity contribution in [3.8, 4) is 0 Å². The van der Waals surface area contributed by atoms with Gasteiger partial charge in [0.25, 0.3) is 0 Å². The van der Waals surface area contributed by atoms with Crippen LogP contribution in [0.25, 0.3) is 0 Å². The van der Waals surface area contributed by atoms with E-state index < -0.39 is 0 Å². The molecule has 0 aromatic carbocycles. The highest BCUT2D eigenvalue weighted by atomic mass is 16.4. The molecular weight excluding hydrogens is 264 g/mol. The average Bonchev–Trinajstić information content (AvgIpc) is 2.51. The summed E-state index contributed by atoms with van der Waals surface area (Å²) >= 11 is 0. The predicted octanol–water partition coefficient (Wildman–Crippen LogP) is 1.95. The second-order valence-electron chi connectivity index (χ2n) is 6.94. The Kier molecular flexibility index (Phi) is 5.88. The number of hydrogen-bond acceptors (Lipinski definition) is 4. The molecule has 5 heteroatoms. The predicted molar refractivity (Wildman–Crippen MR) is 86.6 cm³/mol. The summed E-state index contributed by atoms with van der Waals surface area (Å²) in [6.45, 7) is 11.2. The molecule has 4 atom stereocenters. The van der Waals surface area contributed by atoms with Gasteiger partial charge in [-0.3, -0.25) is 9.80 Å². The molecule has 0 aromatic rings. The number of hydrogen-bond donors (Lipinski definition) is 2. The largest absolute Gasteiger partial charge is 0.409 e. The summed E-state index contributed by atoms with van der Waals surface area (Å²) in [5, 5.41) is 12.1. The highest BCUT2D eigenvalue weighted by Gasteiger charge is 2.32. The fraction of sp³-hybridized carbons (Fsp3) is 0.938. The highest BCUT2D eigenvalue weighted by Crippen LogP contribution is 2.32. The van der Waals surface area contributed by atoms with Gasteiger partial charge < -0.3 is 10.9 Å². The fourth-order valence-corrected chi connectivity index (χ4v) is 3.99. The molecule has 4 unspecified atom stereocenters. The number of amidine groups is 1. The fourth-order valence-electron chi connectivity index (χ4n) is 3.99. The second kappa shape index (κ2) is 7.45. The van der Waals surface area contributed by atoms with E-state index in [0.717, 1.165) is 50.5 Å². The molecule has 0 radical (unpaired) electrons. The van der Waals surface area contributed by atoms with Crippen molar-refractivity contribution in [2.45, 2.75) is 58.5 Å². The minimum atomic E-state index is 0.0856. The van der Waals surface area contributed by atoms with Crippen LogP contribution >= 0.6 is 0 Å². The quantitative estimate of drug-likeness (QED) is 0.360. The van der Waals surface area contributed by atoms with Crippen molar-refractivity contribution in [3.63, 3.8) is 0 Å². The zero-order valence-corrected chi connectivity index (χ0v) is 13.8. The van der Waals surface area contributed by atoms with E-state index in [9.17, 15) is 0 Å². The Morgan fingerprint density at radius 2 is 1.86 bits per heavy atom. The van der Waals surface area contributed by atoms with Crippen molar-refractivity contribution >= 4 is 5.84 Å². The van der Waals surface area contributed by atoms with Gasteiger partial charge in [0.15, 0.2) is 5.84 Å². The van der Waals surface area contributed by atoms with Crippen LogP contribution in [-0.2, 0) is 0 Å². The zero-order valence-electron chi connectivity index (χ0n) is 13.8. The first kappa shape index (κ1) is 16.6. The van der Waals surface area contributed by atoms with Gasteiger partial charge in [-0.15, -0.1) is 0 Å². The van der Waals surface area contributed by atoms with Gasteiger partial charge in [-0.1, -0.05) is 25.9 Å². The zero-order chi connectivity index (χ0) is 15.4. The summed E-state index contributed by atoms with van der Waals surface area (Å²) in [5.41, 5.74) is 5.81. The van der Waals surface area contributed by atoms with E-state index in [4.69, 9.17) is 10.9 Å². The van der Waals surface area contributed by atoms with Crippen LogP contribution < -0.4 is 5.73 Å². The lowest BCUT2D eigenvalue weighted by molar-refractivity contribution is 0.0493. The van der Waals surface area contributed by atoms with E-state index >= 15 is 0 Å². The van der Waals surface area contributed by atoms with E-state index in [1.165, 1.54) is 19.3 Å². The summed E-state index contributed by atoms with van der Waals surface area (Å²) in [6, 6.07) is 0.852. The first-order valence-corrected chi connectivity index (χ1v) is 8.52. The molecule has 0 spiro atoms. The summed E-state index contributed by atoms with van der Waals surface area (Å²) < 4.78 is 0. The number of rotatable bonds is 4. The van der Waals surface area contributed by atoms with E-state index in [1.807, 2.05) is 0 Å². The Morgan fingerprint density at radius 3 is 2.38 bits per heavy atom. The summed E-state index contributed by atoms with van der Waals surface area (Å²) in [4.78, 5) is 5.03. The van der Waals surface area contributed by atoms with Crippen molar-refractivity contribution in [1.29, 1.82) is 0 Å². The molecule has 3 N–H and O–H groups in total. The molecule has 1 saturated heterocycles. The number of piperazine rings is 1. The third kappa shape index (κ3) is 3.89. The molecule has 1 saturated carbocycles. The van der Waals surface area contributed by atoms with Crippen LogP contribution in [-0.4, -0.2) is 59.1 Å². The van der Waals surface area contributed by atoms with Crippen molar-refractivity contribution in [2.75, 3.05) is 26.2 Å². The highest BCUT2D eigenvalue weighted by molar-refractivity contribution is 5.85. The van der Waals surface area contributed by atoms with Gasteiger partial charge in [-0.05, 0) is 37.5 Å². The van der Waals surface area contributed by atoms with Crippen LogP contribution in [0.15, 0.2) is 5.16 Å². The molecule has 0 amide bonds. The van der Waals surface area contributed by atoms with E-state index in [2.05, 4.69) is 35.7 Å². The van der Waals surface area contributed by atoms with E-state index in [-0.39, 0.29) is 6.04 Å².